The molecular weight excluding hydrogens is 375 g/mol. The minimum atomic E-state index is -4.02. The van der Waals surface area contributed by atoms with Crippen LogP contribution in [0.15, 0.2) is 41.3 Å². The quantitative estimate of drug-likeness (QED) is 0.832. The fourth-order valence-electron chi connectivity index (χ4n) is 2.45. The highest BCUT2D eigenvalue weighted by Gasteiger charge is 2.32. The summed E-state index contributed by atoms with van der Waals surface area (Å²) >= 11 is 0. The molecule has 144 valence electrons. The third kappa shape index (κ3) is 3.82. The first-order valence-corrected chi connectivity index (χ1v) is 9.55. The van der Waals surface area contributed by atoms with Gasteiger partial charge in [-0.15, -0.1) is 0 Å². The van der Waals surface area contributed by atoms with Crippen molar-refractivity contribution in [2.45, 2.75) is 18.7 Å². The van der Waals surface area contributed by atoms with Crippen molar-refractivity contribution >= 4 is 27.3 Å². The van der Waals surface area contributed by atoms with Gasteiger partial charge in [-0.05, 0) is 44.2 Å². The summed E-state index contributed by atoms with van der Waals surface area (Å²) < 4.78 is 51.7. The molecule has 1 aliphatic heterocycles. The second-order valence-corrected chi connectivity index (χ2v) is 8.42. The molecule has 0 saturated carbocycles. The number of fused-ring (bicyclic) bond motifs is 1. The van der Waals surface area contributed by atoms with Crippen LogP contribution in [-0.2, 0) is 14.8 Å². The van der Waals surface area contributed by atoms with Crippen LogP contribution in [0.1, 0.15) is 13.8 Å². The second kappa shape index (κ2) is 6.73. The van der Waals surface area contributed by atoms with Crippen LogP contribution in [-0.4, -0.2) is 28.0 Å². The molecule has 0 saturated heterocycles. The number of halogens is 1. The maximum atomic E-state index is 13.8. The van der Waals surface area contributed by atoms with E-state index in [1.54, 1.807) is 19.9 Å². The number of hydrogen-bond donors (Lipinski definition) is 2. The van der Waals surface area contributed by atoms with Crippen molar-refractivity contribution < 1.29 is 27.1 Å². The summed E-state index contributed by atoms with van der Waals surface area (Å²) in [5.41, 5.74) is -0.0535. The van der Waals surface area contributed by atoms with Gasteiger partial charge in [-0.25, -0.2) is 12.8 Å². The van der Waals surface area contributed by atoms with Crippen molar-refractivity contribution in [3.8, 4) is 11.5 Å². The molecule has 27 heavy (non-hydrogen) atoms. The van der Waals surface area contributed by atoms with Crippen LogP contribution in [0.25, 0.3) is 0 Å². The zero-order valence-corrected chi connectivity index (χ0v) is 15.8. The highest BCUT2D eigenvalue weighted by molar-refractivity contribution is 7.92. The standard InChI is InChI=1S/C18H19FN2O5S/c1-18(2)10-26-16-8-11(4-6-14(16)20-17(18)22)21-27(23,24)12-5-7-15(25-3)13(19)9-12/h4-9,21H,10H2,1-3H3,(H,20,22). The van der Waals surface area contributed by atoms with E-state index in [4.69, 9.17) is 9.47 Å². The second-order valence-electron chi connectivity index (χ2n) is 6.74. The van der Waals surface area contributed by atoms with Crippen LogP contribution >= 0.6 is 0 Å². The van der Waals surface area contributed by atoms with Gasteiger partial charge in [-0.1, -0.05) is 0 Å². The molecule has 2 aromatic carbocycles. The largest absolute Gasteiger partial charge is 0.494 e. The lowest BCUT2D eigenvalue weighted by Gasteiger charge is -2.18. The smallest absolute Gasteiger partial charge is 0.262 e. The number of carbonyl (C=O) groups is 1. The molecule has 0 unspecified atom stereocenters. The molecule has 0 radical (unpaired) electrons. The predicted molar refractivity (Wildman–Crippen MR) is 98.1 cm³/mol. The number of rotatable bonds is 4. The van der Waals surface area contributed by atoms with E-state index in [1.807, 2.05) is 0 Å². The molecule has 1 aliphatic rings. The Labute approximate surface area is 156 Å². The summed E-state index contributed by atoms with van der Waals surface area (Å²) in [7, 11) is -2.73. The first kappa shape index (κ1) is 19.0. The minimum Gasteiger partial charge on any atom is -0.494 e. The van der Waals surface area contributed by atoms with Gasteiger partial charge in [0.05, 0.1) is 28.8 Å². The summed E-state index contributed by atoms with van der Waals surface area (Å²) in [6, 6.07) is 7.85. The Morgan fingerprint density at radius 2 is 1.96 bits per heavy atom. The summed E-state index contributed by atoms with van der Waals surface area (Å²) in [5.74, 6) is -0.681. The van der Waals surface area contributed by atoms with E-state index >= 15 is 0 Å². The lowest BCUT2D eigenvalue weighted by atomic mass is 9.94. The molecule has 1 heterocycles. The first-order chi connectivity index (χ1) is 12.6. The summed E-state index contributed by atoms with van der Waals surface area (Å²) in [4.78, 5) is 11.9. The summed E-state index contributed by atoms with van der Waals surface area (Å²) in [6.45, 7) is 3.64. The van der Waals surface area contributed by atoms with Gasteiger partial charge in [-0.2, -0.15) is 0 Å². The molecule has 0 spiro atoms. The minimum absolute atomic E-state index is 0.0502. The molecule has 7 nitrogen and oxygen atoms in total. The molecule has 0 fully saturated rings. The van der Waals surface area contributed by atoms with Gasteiger partial charge >= 0.3 is 0 Å². The molecule has 2 aromatic rings. The highest BCUT2D eigenvalue weighted by Crippen LogP contribution is 2.35. The van der Waals surface area contributed by atoms with Crippen molar-refractivity contribution in [2.24, 2.45) is 5.41 Å². The number of sulfonamides is 1. The topological polar surface area (TPSA) is 93.7 Å². The lowest BCUT2D eigenvalue weighted by molar-refractivity contribution is -0.124. The predicted octanol–water partition coefficient (Wildman–Crippen LogP) is 2.99. The van der Waals surface area contributed by atoms with E-state index in [0.717, 1.165) is 6.07 Å². The number of benzene rings is 2. The van der Waals surface area contributed by atoms with Gasteiger partial charge in [0, 0.05) is 6.07 Å². The Morgan fingerprint density at radius 1 is 1.22 bits per heavy atom. The monoisotopic (exact) mass is 394 g/mol. The number of hydrogen-bond acceptors (Lipinski definition) is 5. The summed E-state index contributed by atoms with van der Waals surface area (Å²) in [6.07, 6.45) is 0. The molecule has 2 N–H and O–H groups in total. The average molecular weight is 394 g/mol. The van der Waals surface area contributed by atoms with Gasteiger partial charge in [0.15, 0.2) is 11.6 Å². The Morgan fingerprint density at radius 3 is 2.63 bits per heavy atom. The SMILES string of the molecule is COc1ccc(S(=O)(=O)Nc2ccc3c(c2)OCC(C)(C)C(=O)N3)cc1F. The van der Waals surface area contributed by atoms with Crippen LogP contribution in [0.2, 0.25) is 0 Å². The Kier molecular flexibility index (Phi) is 4.73. The zero-order valence-electron chi connectivity index (χ0n) is 15.0. The Balaban J connectivity index is 1.87. The summed E-state index contributed by atoms with van der Waals surface area (Å²) in [5, 5.41) is 2.75. The maximum Gasteiger partial charge on any atom is 0.262 e. The maximum absolute atomic E-state index is 13.8. The average Bonchev–Trinajstić information content (AvgIpc) is 2.71. The lowest BCUT2D eigenvalue weighted by Crippen LogP contribution is -2.33. The third-order valence-corrected chi connectivity index (χ3v) is 5.50. The van der Waals surface area contributed by atoms with Gasteiger partial charge < -0.3 is 14.8 Å². The fraction of sp³-hybridized carbons (Fsp3) is 0.278. The number of nitrogens with one attached hydrogen (secondary N) is 2. The Hall–Kier alpha value is -2.81. The van der Waals surface area contributed by atoms with E-state index in [0.29, 0.717) is 11.4 Å². The molecule has 1 amide bonds. The van der Waals surface area contributed by atoms with Crippen molar-refractivity contribution in [3.63, 3.8) is 0 Å². The van der Waals surface area contributed by atoms with E-state index in [2.05, 4.69) is 10.0 Å². The normalized spacial score (nSPS) is 15.8. The van der Waals surface area contributed by atoms with Crippen LogP contribution in [0, 0.1) is 11.2 Å². The number of anilines is 2. The molecule has 9 heteroatoms. The van der Waals surface area contributed by atoms with Crippen molar-refractivity contribution in [1.29, 1.82) is 0 Å². The molecule has 0 aliphatic carbocycles. The van der Waals surface area contributed by atoms with Crippen molar-refractivity contribution in [2.75, 3.05) is 23.8 Å². The fourth-order valence-corrected chi connectivity index (χ4v) is 3.51. The first-order valence-electron chi connectivity index (χ1n) is 8.07. The molecular formula is C18H19FN2O5S. The molecule has 0 aromatic heterocycles. The number of methoxy groups -OCH3 is 1. The van der Waals surface area contributed by atoms with E-state index < -0.39 is 21.3 Å². The van der Waals surface area contributed by atoms with Crippen molar-refractivity contribution in [3.05, 3.63) is 42.2 Å². The van der Waals surface area contributed by atoms with E-state index in [1.165, 1.54) is 31.4 Å². The van der Waals surface area contributed by atoms with Gasteiger partial charge in [-0.3, -0.25) is 9.52 Å². The number of ether oxygens (including phenoxy) is 2. The van der Waals surface area contributed by atoms with Gasteiger partial charge in [0.1, 0.15) is 12.4 Å². The molecule has 0 bridgehead atoms. The van der Waals surface area contributed by atoms with Crippen molar-refractivity contribution in [1.82, 2.24) is 0 Å². The zero-order chi connectivity index (χ0) is 19.8. The van der Waals surface area contributed by atoms with Crippen LogP contribution < -0.4 is 19.5 Å². The van der Waals surface area contributed by atoms with Crippen LogP contribution in [0.4, 0.5) is 15.8 Å². The number of carbonyl (C=O) groups excluding carboxylic acids is 1. The Bertz CT molecular complexity index is 1000. The van der Waals surface area contributed by atoms with E-state index in [-0.39, 0.29) is 28.8 Å². The van der Waals surface area contributed by atoms with Gasteiger partial charge in [0.25, 0.3) is 10.0 Å². The third-order valence-electron chi connectivity index (χ3n) is 4.12. The number of amides is 1. The van der Waals surface area contributed by atoms with Crippen LogP contribution in [0.5, 0.6) is 11.5 Å². The van der Waals surface area contributed by atoms with Crippen LogP contribution in [0.3, 0.4) is 0 Å². The van der Waals surface area contributed by atoms with Gasteiger partial charge in [0.2, 0.25) is 5.91 Å². The molecule has 3 rings (SSSR count). The molecule has 0 atom stereocenters. The highest BCUT2D eigenvalue weighted by atomic mass is 32.2. The van der Waals surface area contributed by atoms with E-state index in [9.17, 15) is 17.6 Å².